The Labute approximate surface area is 189 Å². The molecule has 1 saturated heterocycles. The van der Waals surface area contributed by atoms with Gasteiger partial charge < -0.3 is 10.0 Å². The monoisotopic (exact) mass is 476 g/mol. The normalized spacial score (nSPS) is 15.1. The average Bonchev–Trinajstić information content (AvgIpc) is 3.25. The van der Waals surface area contributed by atoms with Crippen molar-refractivity contribution in [3.8, 4) is 17.0 Å². The molecule has 4 rings (SSSR count). The zero-order valence-electron chi connectivity index (χ0n) is 17.6. The second-order valence-electron chi connectivity index (χ2n) is 7.67. The Kier molecular flexibility index (Phi) is 5.55. The van der Waals surface area contributed by atoms with Crippen LogP contribution in [0.1, 0.15) is 16.7 Å². The summed E-state index contributed by atoms with van der Waals surface area (Å²) in [7, 11) is -2.44. The van der Waals surface area contributed by atoms with E-state index in [0.29, 0.717) is 15.0 Å². The van der Waals surface area contributed by atoms with Gasteiger partial charge in [-0.2, -0.15) is 8.42 Å². The van der Waals surface area contributed by atoms with Gasteiger partial charge in [0.1, 0.15) is 18.0 Å². The quantitative estimate of drug-likeness (QED) is 0.587. The Hall–Kier alpha value is -3.18. The number of aryl methyl sites for hydroxylation is 2. The third-order valence-corrected chi connectivity index (χ3v) is 7.40. The van der Waals surface area contributed by atoms with Crippen molar-refractivity contribution in [2.75, 3.05) is 22.8 Å². The first kappa shape index (κ1) is 22.0. The van der Waals surface area contributed by atoms with Gasteiger partial charge in [0, 0.05) is 24.5 Å². The number of anilines is 2. The fraction of sp³-hybridized carbons (Fsp3) is 0.238. The smallest absolute Gasteiger partial charge is 0.326 e. The highest BCUT2D eigenvalue weighted by Gasteiger charge is 2.37. The number of halogens is 1. The largest absolute Gasteiger partial charge is 0.506 e. The molecule has 0 radical (unpaired) electrons. The summed E-state index contributed by atoms with van der Waals surface area (Å²) in [5, 5.41) is 13.0. The predicted octanol–water partition coefficient (Wildman–Crippen LogP) is 3.09. The lowest BCUT2D eigenvalue weighted by molar-refractivity contribution is -0.117. The van der Waals surface area contributed by atoms with Crippen molar-refractivity contribution in [3.63, 3.8) is 0 Å². The molecule has 2 aromatic carbocycles. The molecule has 1 aliphatic heterocycles. The molecule has 3 aromatic rings. The minimum Gasteiger partial charge on any atom is -0.506 e. The molecule has 32 heavy (non-hydrogen) atoms. The Morgan fingerprint density at radius 3 is 2.66 bits per heavy atom. The van der Waals surface area contributed by atoms with Crippen molar-refractivity contribution in [1.29, 1.82) is 0 Å². The molecule has 2 N–H and O–H groups in total. The van der Waals surface area contributed by atoms with Gasteiger partial charge in [-0.3, -0.25) is 4.79 Å². The van der Waals surface area contributed by atoms with E-state index in [9.17, 15) is 22.7 Å². The van der Waals surface area contributed by atoms with Crippen molar-refractivity contribution in [3.05, 3.63) is 58.2 Å². The summed E-state index contributed by atoms with van der Waals surface area (Å²) in [6, 6.07) is 8.58. The lowest BCUT2D eigenvalue weighted by Crippen LogP contribution is -2.30. The molecule has 0 unspecified atom stereocenters. The van der Waals surface area contributed by atoms with Gasteiger partial charge >= 0.3 is 10.2 Å². The van der Waals surface area contributed by atoms with Crippen LogP contribution in [0.25, 0.3) is 11.3 Å². The summed E-state index contributed by atoms with van der Waals surface area (Å²) in [5.41, 5.74) is 4.04. The third-order valence-electron chi connectivity index (χ3n) is 5.07. The number of hydrogen-bond acceptors (Lipinski definition) is 7. The van der Waals surface area contributed by atoms with Crippen molar-refractivity contribution in [2.24, 2.45) is 0 Å². The number of nitrogens with one attached hydrogen (secondary N) is 1. The number of hydrogen-bond donors (Lipinski definition) is 2. The number of thiazole rings is 1. The first-order valence-electron chi connectivity index (χ1n) is 9.64. The highest BCUT2D eigenvalue weighted by Crippen LogP contribution is 2.35. The number of benzene rings is 2. The van der Waals surface area contributed by atoms with Crippen LogP contribution >= 0.6 is 11.3 Å². The van der Waals surface area contributed by atoms with Crippen LogP contribution in [0, 0.1) is 19.7 Å². The second-order valence-corrected chi connectivity index (χ2v) is 10.1. The van der Waals surface area contributed by atoms with E-state index in [1.165, 1.54) is 23.0 Å². The molecule has 1 aliphatic rings. The van der Waals surface area contributed by atoms with Gasteiger partial charge in [0.25, 0.3) is 5.91 Å². The highest BCUT2D eigenvalue weighted by atomic mass is 32.2. The standard InChI is InChI=1S/C21H21FN4O4S2/c1-12-4-5-15(13(2)6-12)17-11-31-21(23-17)25(3)9-14-7-16(22)20(18(27)8-14)26-10-19(28)24-32(26,29)30/h4-8,11,27H,9-10H2,1-3H3,(H,24,28). The fourth-order valence-electron chi connectivity index (χ4n) is 3.63. The lowest BCUT2D eigenvalue weighted by Gasteiger charge is -2.20. The van der Waals surface area contributed by atoms with E-state index in [1.807, 2.05) is 36.3 Å². The summed E-state index contributed by atoms with van der Waals surface area (Å²) in [4.78, 5) is 17.9. The minimum atomic E-state index is -4.23. The minimum absolute atomic E-state index is 0.231. The molecular formula is C21H21FN4O4S2. The topological polar surface area (TPSA) is 103 Å². The van der Waals surface area contributed by atoms with Gasteiger partial charge in [-0.1, -0.05) is 23.8 Å². The molecule has 1 amide bonds. The van der Waals surface area contributed by atoms with Crippen LogP contribution in [0.2, 0.25) is 0 Å². The van der Waals surface area contributed by atoms with E-state index in [-0.39, 0.29) is 6.54 Å². The number of aromatic hydroxyl groups is 1. The molecular weight excluding hydrogens is 455 g/mol. The maximum absolute atomic E-state index is 14.8. The van der Waals surface area contributed by atoms with Gasteiger partial charge in [-0.15, -0.1) is 11.3 Å². The average molecular weight is 477 g/mol. The summed E-state index contributed by atoms with van der Waals surface area (Å²) in [5.74, 6) is -2.30. The molecule has 1 aromatic heterocycles. The Bertz CT molecular complexity index is 1300. The molecule has 0 atom stereocenters. The van der Waals surface area contributed by atoms with Gasteiger partial charge in [0.15, 0.2) is 10.9 Å². The zero-order chi connectivity index (χ0) is 23.2. The van der Waals surface area contributed by atoms with Gasteiger partial charge in [-0.05, 0) is 37.1 Å². The van der Waals surface area contributed by atoms with E-state index < -0.39 is 39.9 Å². The summed E-state index contributed by atoms with van der Waals surface area (Å²) in [6.07, 6.45) is 0. The number of carbonyl (C=O) groups is 1. The van der Waals surface area contributed by atoms with Crippen molar-refractivity contribution in [1.82, 2.24) is 9.71 Å². The van der Waals surface area contributed by atoms with Crippen LogP contribution < -0.4 is 13.9 Å². The molecule has 0 bridgehead atoms. The van der Waals surface area contributed by atoms with E-state index >= 15 is 0 Å². The summed E-state index contributed by atoms with van der Waals surface area (Å²) < 4.78 is 41.0. The molecule has 0 spiro atoms. The molecule has 1 fully saturated rings. The maximum atomic E-state index is 14.8. The summed E-state index contributed by atoms with van der Waals surface area (Å²) in [6.45, 7) is 3.70. The van der Waals surface area contributed by atoms with Crippen LogP contribution in [0.4, 0.5) is 15.2 Å². The van der Waals surface area contributed by atoms with Crippen molar-refractivity contribution in [2.45, 2.75) is 20.4 Å². The van der Waals surface area contributed by atoms with Crippen LogP contribution in [0.5, 0.6) is 5.75 Å². The van der Waals surface area contributed by atoms with Gasteiger partial charge in [0.05, 0.1) is 5.69 Å². The molecule has 11 heteroatoms. The molecule has 8 nitrogen and oxygen atoms in total. The first-order valence-corrected chi connectivity index (χ1v) is 12.0. The van der Waals surface area contributed by atoms with Gasteiger partial charge in [0.2, 0.25) is 0 Å². The van der Waals surface area contributed by atoms with Crippen LogP contribution in [-0.4, -0.2) is 38.0 Å². The number of amides is 1. The Morgan fingerprint density at radius 2 is 2.03 bits per heavy atom. The SMILES string of the molecule is Cc1ccc(-c2csc(N(C)Cc3cc(O)c(N4CC(=O)NS4(=O)=O)c(F)c3)n2)c(C)c1. The summed E-state index contributed by atoms with van der Waals surface area (Å²) >= 11 is 1.44. The zero-order valence-corrected chi connectivity index (χ0v) is 19.2. The van der Waals surface area contributed by atoms with E-state index in [4.69, 9.17) is 0 Å². The number of aromatic nitrogens is 1. The Balaban J connectivity index is 1.56. The van der Waals surface area contributed by atoms with Crippen molar-refractivity contribution < 1.29 is 22.7 Å². The van der Waals surface area contributed by atoms with E-state index in [1.54, 1.807) is 11.8 Å². The first-order chi connectivity index (χ1) is 15.0. The number of nitrogens with zero attached hydrogens (tertiary/aromatic N) is 3. The lowest BCUT2D eigenvalue weighted by atomic mass is 10.0. The number of phenols is 1. The number of carbonyl (C=O) groups excluding carboxylic acids is 1. The van der Waals surface area contributed by atoms with Crippen LogP contribution in [0.15, 0.2) is 35.7 Å². The molecule has 2 heterocycles. The molecule has 0 saturated carbocycles. The number of rotatable bonds is 5. The molecule has 0 aliphatic carbocycles. The second kappa shape index (κ2) is 8.06. The predicted molar refractivity (Wildman–Crippen MR) is 122 cm³/mol. The van der Waals surface area contributed by atoms with Crippen molar-refractivity contribution >= 4 is 38.3 Å². The van der Waals surface area contributed by atoms with E-state index in [2.05, 4.69) is 11.1 Å². The Morgan fingerprint density at radius 1 is 1.28 bits per heavy atom. The number of phenolic OH excluding ortho intramolecular Hbond substituents is 1. The fourth-order valence-corrected chi connectivity index (χ4v) is 5.59. The van der Waals surface area contributed by atoms with Crippen LogP contribution in [-0.2, 0) is 21.5 Å². The maximum Gasteiger partial charge on any atom is 0.326 e. The van der Waals surface area contributed by atoms with Crippen LogP contribution in [0.3, 0.4) is 0 Å². The highest BCUT2D eigenvalue weighted by molar-refractivity contribution is 7.92. The van der Waals surface area contributed by atoms with E-state index in [0.717, 1.165) is 22.9 Å². The van der Waals surface area contributed by atoms with Gasteiger partial charge in [-0.25, -0.2) is 18.4 Å². The third kappa shape index (κ3) is 4.13. The molecule has 168 valence electrons.